The van der Waals surface area contributed by atoms with Crippen LogP contribution in [-0.4, -0.2) is 53.7 Å². The summed E-state index contributed by atoms with van der Waals surface area (Å²) in [6, 6.07) is 7.38. The fourth-order valence-corrected chi connectivity index (χ4v) is 4.70. The van der Waals surface area contributed by atoms with Gasteiger partial charge in [0.2, 0.25) is 5.91 Å². The van der Waals surface area contributed by atoms with Gasteiger partial charge in [0.05, 0.1) is 11.1 Å². The monoisotopic (exact) mass is 487 g/mol. The molecule has 2 heterocycles. The summed E-state index contributed by atoms with van der Waals surface area (Å²) in [5.74, 6) is -5.19. The van der Waals surface area contributed by atoms with Crippen molar-refractivity contribution >= 4 is 23.4 Å². The Morgan fingerprint density at radius 2 is 1.60 bits per heavy atom. The van der Waals surface area contributed by atoms with Gasteiger partial charge in [0.25, 0.3) is 11.8 Å². The van der Waals surface area contributed by atoms with E-state index >= 15 is 4.39 Å². The Bertz CT molecular complexity index is 1130. The summed E-state index contributed by atoms with van der Waals surface area (Å²) >= 11 is 0. The molecule has 2 aromatic rings. The van der Waals surface area contributed by atoms with Crippen molar-refractivity contribution in [3.8, 4) is 0 Å². The molecule has 0 unspecified atom stereocenters. The van der Waals surface area contributed by atoms with E-state index in [1.807, 2.05) is 0 Å². The molecule has 1 saturated heterocycles. The lowest BCUT2D eigenvalue weighted by molar-refractivity contribution is -0.118. The number of benzene rings is 2. The summed E-state index contributed by atoms with van der Waals surface area (Å²) in [7, 11) is 0. The van der Waals surface area contributed by atoms with Gasteiger partial charge in [0.1, 0.15) is 11.5 Å². The number of hydrogen-bond acceptors (Lipinski definition) is 4. The van der Waals surface area contributed by atoms with Gasteiger partial charge in [-0.3, -0.25) is 19.3 Å². The van der Waals surface area contributed by atoms with Crippen molar-refractivity contribution < 1.29 is 27.6 Å². The van der Waals surface area contributed by atoms with E-state index < -0.39 is 40.9 Å². The lowest BCUT2D eigenvalue weighted by atomic mass is 9.88. The molecule has 0 bridgehead atoms. The van der Waals surface area contributed by atoms with E-state index in [1.165, 1.54) is 4.90 Å². The number of rotatable bonds is 7. The van der Waals surface area contributed by atoms with Crippen LogP contribution in [0, 0.1) is 23.4 Å². The van der Waals surface area contributed by atoms with E-state index in [9.17, 15) is 23.2 Å². The smallest absolute Gasteiger partial charge is 0.261 e. The van der Waals surface area contributed by atoms with Crippen LogP contribution in [-0.2, 0) is 4.79 Å². The number of amides is 3. The van der Waals surface area contributed by atoms with Crippen molar-refractivity contribution in [3.63, 3.8) is 0 Å². The molecule has 0 atom stereocenters. The Kier molecular flexibility index (Phi) is 7.25. The Labute approximate surface area is 202 Å². The minimum absolute atomic E-state index is 0.198. The van der Waals surface area contributed by atoms with Gasteiger partial charge in [0, 0.05) is 24.1 Å². The molecule has 2 aromatic carbocycles. The average Bonchev–Trinajstić information content (AvgIpc) is 3.07. The Morgan fingerprint density at radius 1 is 1.00 bits per heavy atom. The van der Waals surface area contributed by atoms with Crippen LogP contribution in [0.3, 0.4) is 0 Å². The molecule has 3 amide bonds. The number of halogens is 3. The number of piperidine rings is 1. The Morgan fingerprint density at radius 3 is 2.17 bits per heavy atom. The quantitative estimate of drug-likeness (QED) is 0.582. The van der Waals surface area contributed by atoms with Gasteiger partial charge < -0.3 is 10.2 Å². The van der Waals surface area contributed by atoms with Gasteiger partial charge in [0.15, 0.2) is 11.6 Å². The number of fused-ring (bicyclic) bond motifs is 1. The van der Waals surface area contributed by atoms with Crippen molar-refractivity contribution in [1.29, 1.82) is 0 Å². The number of anilines is 1. The molecular weight excluding hydrogens is 459 g/mol. The fourth-order valence-electron chi connectivity index (χ4n) is 4.70. The van der Waals surface area contributed by atoms with E-state index in [1.54, 1.807) is 38.1 Å². The molecule has 0 radical (unpaired) electrons. The molecule has 186 valence electrons. The lowest BCUT2D eigenvalue weighted by Crippen LogP contribution is -2.37. The number of nitrogens with zero attached hydrogens (tertiary/aromatic N) is 2. The normalized spacial score (nSPS) is 16.8. The van der Waals surface area contributed by atoms with Gasteiger partial charge in [-0.1, -0.05) is 26.0 Å². The Hall–Kier alpha value is -3.20. The van der Waals surface area contributed by atoms with Crippen LogP contribution in [0.4, 0.5) is 18.9 Å². The number of carbonyl (C=O) groups excluding carboxylic acids is 3. The van der Waals surface area contributed by atoms with Crippen molar-refractivity contribution in [1.82, 2.24) is 9.80 Å². The van der Waals surface area contributed by atoms with E-state index in [0.717, 1.165) is 0 Å². The molecule has 1 fully saturated rings. The molecule has 2 aliphatic heterocycles. The van der Waals surface area contributed by atoms with E-state index in [4.69, 9.17) is 0 Å². The van der Waals surface area contributed by atoms with E-state index in [2.05, 4.69) is 10.2 Å². The van der Waals surface area contributed by atoms with Crippen molar-refractivity contribution in [2.45, 2.75) is 39.0 Å². The molecule has 6 nitrogen and oxygen atoms in total. The molecule has 4 rings (SSSR count). The van der Waals surface area contributed by atoms with Crippen LogP contribution < -0.4 is 5.32 Å². The number of likely N-dealkylation sites (tertiary alicyclic amines) is 1. The van der Waals surface area contributed by atoms with Crippen molar-refractivity contribution in [3.05, 3.63) is 64.5 Å². The number of hydrogen-bond donors (Lipinski definition) is 1. The lowest BCUT2D eigenvalue weighted by Gasteiger charge is -2.33. The number of imide groups is 1. The zero-order valence-corrected chi connectivity index (χ0v) is 19.7. The molecule has 1 N–H and O–H groups in total. The first kappa shape index (κ1) is 24.9. The van der Waals surface area contributed by atoms with E-state index in [-0.39, 0.29) is 17.4 Å². The highest BCUT2D eigenvalue weighted by Crippen LogP contribution is 2.36. The standard InChI is InChI=1S/C26H28F3N3O3/c1-15(2)24(33)30-23-20(28)14-19(27)21(22(23)29)16-8-12-31(13-9-16)10-5-11-32-25(34)17-6-3-4-7-18(17)26(32)35/h3-4,6-7,14-16H,5,8-13H2,1-2H3,(H,30,33). The first-order valence-corrected chi connectivity index (χ1v) is 11.8. The number of nitrogens with one attached hydrogen (secondary N) is 1. The van der Waals surface area contributed by atoms with Crippen molar-refractivity contribution in [2.75, 3.05) is 31.5 Å². The summed E-state index contributed by atoms with van der Waals surface area (Å²) in [6.45, 7) is 5.25. The van der Waals surface area contributed by atoms with Gasteiger partial charge in [-0.15, -0.1) is 0 Å². The minimum Gasteiger partial charge on any atom is -0.321 e. The predicted molar refractivity (Wildman–Crippen MR) is 125 cm³/mol. The molecular formula is C26H28F3N3O3. The van der Waals surface area contributed by atoms with Crippen LogP contribution >= 0.6 is 0 Å². The summed E-state index contributed by atoms with van der Waals surface area (Å²) < 4.78 is 43.8. The van der Waals surface area contributed by atoms with Gasteiger partial charge >= 0.3 is 0 Å². The number of carbonyl (C=O) groups is 3. The molecule has 0 aliphatic carbocycles. The molecule has 9 heteroatoms. The van der Waals surface area contributed by atoms with E-state index in [0.29, 0.717) is 62.6 Å². The highest BCUT2D eigenvalue weighted by atomic mass is 19.1. The van der Waals surface area contributed by atoms with Gasteiger partial charge in [-0.2, -0.15) is 0 Å². The summed E-state index contributed by atoms with van der Waals surface area (Å²) in [5.41, 5.74) is 0.0378. The molecule has 0 spiro atoms. The van der Waals surface area contributed by atoms with Crippen LogP contribution in [0.5, 0.6) is 0 Å². The molecule has 35 heavy (non-hydrogen) atoms. The summed E-state index contributed by atoms with van der Waals surface area (Å²) in [5, 5.41) is 2.24. The van der Waals surface area contributed by atoms with Crippen molar-refractivity contribution in [2.24, 2.45) is 5.92 Å². The highest BCUT2D eigenvalue weighted by molar-refractivity contribution is 6.21. The second-order valence-electron chi connectivity index (χ2n) is 9.36. The third kappa shape index (κ3) is 4.96. The van der Waals surface area contributed by atoms with Crippen LogP contribution in [0.25, 0.3) is 0 Å². The van der Waals surface area contributed by atoms with Crippen LogP contribution in [0.1, 0.15) is 65.3 Å². The SMILES string of the molecule is CC(C)C(=O)Nc1c(F)cc(F)c(C2CCN(CCCN3C(=O)c4ccccc4C3=O)CC2)c1F. The maximum Gasteiger partial charge on any atom is 0.261 e. The maximum atomic E-state index is 15.1. The highest BCUT2D eigenvalue weighted by Gasteiger charge is 2.35. The zero-order valence-electron chi connectivity index (χ0n) is 19.7. The minimum atomic E-state index is -1.14. The topological polar surface area (TPSA) is 69.7 Å². The first-order valence-electron chi connectivity index (χ1n) is 11.8. The maximum absolute atomic E-state index is 15.1. The molecule has 2 aliphatic rings. The average molecular weight is 488 g/mol. The largest absolute Gasteiger partial charge is 0.321 e. The predicted octanol–water partition coefficient (Wildman–Crippen LogP) is 4.56. The first-order chi connectivity index (χ1) is 16.7. The van der Waals surface area contributed by atoms with Crippen LogP contribution in [0.2, 0.25) is 0 Å². The fraction of sp³-hybridized carbons (Fsp3) is 0.423. The molecule has 0 saturated carbocycles. The zero-order chi connectivity index (χ0) is 25.3. The summed E-state index contributed by atoms with van der Waals surface area (Å²) in [4.78, 5) is 40.3. The van der Waals surface area contributed by atoms with Gasteiger partial charge in [-0.25, -0.2) is 13.2 Å². The van der Waals surface area contributed by atoms with Gasteiger partial charge in [-0.05, 0) is 56.9 Å². The third-order valence-corrected chi connectivity index (χ3v) is 6.71. The summed E-state index contributed by atoms with van der Waals surface area (Å²) in [6.07, 6.45) is 1.51. The molecule has 0 aromatic heterocycles. The second kappa shape index (κ2) is 10.2. The Balaban J connectivity index is 1.33. The van der Waals surface area contributed by atoms with Crippen LogP contribution in [0.15, 0.2) is 30.3 Å². The third-order valence-electron chi connectivity index (χ3n) is 6.71. The second-order valence-corrected chi connectivity index (χ2v) is 9.36.